The largest absolute Gasteiger partial charge is 0.468 e. The van der Waals surface area contributed by atoms with Crippen molar-refractivity contribution in [2.45, 2.75) is 20.3 Å². The maximum atomic E-state index is 12.3. The summed E-state index contributed by atoms with van der Waals surface area (Å²) < 4.78 is 4.46. The number of nitrogens with one attached hydrogen (secondary N) is 3. The lowest BCUT2D eigenvalue weighted by Gasteiger charge is -2.07. The number of rotatable bonds is 8. The van der Waals surface area contributed by atoms with Gasteiger partial charge in [-0.3, -0.25) is 19.2 Å². The van der Waals surface area contributed by atoms with E-state index in [1.54, 1.807) is 37.4 Å². The minimum atomic E-state index is -0.560. The van der Waals surface area contributed by atoms with Crippen LogP contribution in [0.25, 0.3) is 0 Å². The predicted molar refractivity (Wildman–Crippen MR) is 109 cm³/mol. The van der Waals surface area contributed by atoms with Crippen molar-refractivity contribution in [3.8, 4) is 0 Å². The van der Waals surface area contributed by atoms with E-state index in [1.165, 1.54) is 24.5 Å². The topological polar surface area (TPSA) is 126 Å². The number of amides is 3. The molecule has 1 aromatic heterocycles. The highest BCUT2D eigenvalue weighted by Crippen LogP contribution is 2.17. The van der Waals surface area contributed by atoms with Crippen LogP contribution in [0.5, 0.6) is 0 Å². The summed E-state index contributed by atoms with van der Waals surface area (Å²) in [5.41, 5.74) is 1.25. The molecular formula is C19H22N4O5S. The van der Waals surface area contributed by atoms with Gasteiger partial charge in [-0.05, 0) is 18.2 Å². The molecular weight excluding hydrogens is 396 g/mol. The fraction of sp³-hybridized carbons (Fsp3) is 0.316. The Kier molecular flexibility index (Phi) is 7.84. The maximum Gasteiger partial charge on any atom is 0.325 e. The Morgan fingerprint density at radius 2 is 1.93 bits per heavy atom. The second-order valence-corrected chi connectivity index (χ2v) is 7.21. The number of anilines is 2. The first-order chi connectivity index (χ1) is 13.8. The lowest BCUT2D eigenvalue weighted by atomic mass is 10.2. The summed E-state index contributed by atoms with van der Waals surface area (Å²) in [6, 6.07) is 6.32. The van der Waals surface area contributed by atoms with E-state index >= 15 is 0 Å². The van der Waals surface area contributed by atoms with Gasteiger partial charge in [-0.25, -0.2) is 4.98 Å². The minimum absolute atomic E-state index is 0.0206. The van der Waals surface area contributed by atoms with Crippen molar-refractivity contribution in [1.29, 1.82) is 0 Å². The molecule has 1 aromatic carbocycles. The molecule has 0 saturated heterocycles. The summed E-state index contributed by atoms with van der Waals surface area (Å²) in [5, 5.41) is 9.95. The molecule has 0 spiro atoms. The fourth-order valence-corrected chi connectivity index (χ4v) is 2.84. The monoisotopic (exact) mass is 418 g/mol. The highest BCUT2D eigenvalue weighted by Gasteiger charge is 2.13. The minimum Gasteiger partial charge on any atom is -0.468 e. The molecule has 0 bridgehead atoms. The lowest BCUT2D eigenvalue weighted by Crippen LogP contribution is -2.30. The normalized spacial score (nSPS) is 10.3. The zero-order valence-corrected chi connectivity index (χ0v) is 17.1. The van der Waals surface area contributed by atoms with Crippen molar-refractivity contribution in [2.75, 3.05) is 24.3 Å². The molecule has 0 radical (unpaired) electrons. The van der Waals surface area contributed by atoms with Gasteiger partial charge < -0.3 is 20.7 Å². The molecule has 0 saturated carbocycles. The average Bonchev–Trinajstić information content (AvgIpc) is 3.12. The average molecular weight is 418 g/mol. The molecule has 2 aromatic rings. The Bertz CT molecular complexity index is 910. The number of benzene rings is 1. The van der Waals surface area contributed by atoms with Gasteiger partial charge in [0.2, 0.25) is 11.8 Å². The molecule has 2 rings (SSSR count). The van der Waals surface area contributed by atoms with Crippen LogP contribution >= 0.6 is 11.3 Å². The van der Waals surface area contributed by atoms with E-state index in [0.717, 1.165) is 0 Å². The van der Waals surface area contributed by atoms with E-state index in [2.05, 4.69) is 25.7 Å². The van der Waals surface area contributed by atoms with Gasteiger partial charge in [0.1, 0.15) is 6.54 Å². The Morgan fingerprint density at radius 1 is 1.17 bits per heavy atom. The first-order valence-corrected chi connectivity index (χ1v) is 9.66. The van der Waals surface area contributed by atoms with E-state index in [9.17, 15) is 19.2 Å². The zero-order chi connectivity index (χ0) is 21.4. The molecule has 0 aliphatic carbocycles. The molecule has 3 amide bonds. The van der Waals surface area contributed by atoms with E-state index < -0.39 is 11.9 Å². The third-order valence-corrected chi connectivity index (χ3v) is 4.48. The number of ether oxygens (including phenoxy) is 1. The lowest BCUT2D eigenvalue weighted by molar-refractivity contribution is -0.139. The Balaban J connectivity index is 1.92. The van der Waals surface area contributed by atoms with Crippen LogP contribution < -0.4 is 16.0 Å². The molecule has 9 nitrogen and oxygen atoms in total. The Morgan fingerprint density at radius 3 is 2.62 bits per heavy atom. The Labute approximate surface area is 171 Å². The first kappa shape index (κ1) is 22.0. The second-order valence-electron chi connectivity index (χ2n) is 6.35. The standard InChI is InChI=1S/C19H22N4O5S/c1-11(2)17(26)23-19-22-14(10-29-19)8-15(24)21-13-6-4-5-12(7-13)18(27)20-9-16(25)28-3/h4-7,10-11H,8-9H2,1-3H3,(H,20,27)(H,21,24)(H,22,23,26). The van der Waals surface area contributed by atoms with Gasteiger partial charge in [-0.15, -0.1) is 11.3 Å². The number of carbonyl (C=O) groups excluding carboxylic acids is 4. The number of hydrogen-bond donors (Lipinski definition) is 3. The summed E-state index contributed by atoms with van der Waals surface area (Å²) in [7, 11) is 1.23. The number of methoxy groups -OCH3 is 1. The van der Waals surface area contributed by atoms with Crippen molar-refractivity contribution in [3.63, 3.8) is 0 Å². The SMILES string of the molecule is COC(=O)CNC(=O)c1cccc(NC(=O)Cc2csc(NC(=O)C(C)C)n2)c1. The van der Waals surface area contributed by atoms with Gasteiger partial charge in [-0.1, -0.05) is 19.9 Å². The predicted octanol–water partition coefficient (Wildman–Crippen LogP) is 1.82. The fourth-order valence-electron chi connectivity index (χ4n) is 2.13. The van der Waals surface area contributed by atoms with Crippen LogP contribution in [-0.4, -0.2) is 42.3 Å². The number of aromatic nitrogens is 1. The van der Waals surface area contributed by atoms with Crippen LogP contribution in [0, 0.1) is 5.92 Å². The third kappa shape index (κ3) is 7.00. The van der Waals surface area contributed by atoms with E-state index in [4.69, 9.17) is 0 Å². The first-order valence-electron chi connectivity index (χ1n) is 8.78. The molecule has 0 atom stereocenters. The van der Waals surface area contributed by atoms with Crippen LogP contribution in [0.3, 0.4) is 0 Å². The van der Waals surface area contributed by atoms with Gasteiger partial charge in [0.25, 0.3) is 5.91 Å². The molecule has 0 aliphatic rings. The molecule has 29 heavy (non-hydrogen) atoms. The van der Waals surface area contributed by atoms with Crippen LogP contribution in [0.1, 0.15) is 29.9 Å². The molecule has 3 N–H and O–H groups in total. The van der Waals surface area contributed by atoms with Gasteiger partial charge in [0.05, 0.1) is 19.2 Å². The molecule has 1 heterocycles. The Hall–Kier alpha value is -3.27. The smallest absolute Gasteiger partial charge is 0.325 e. The van der Waals surface area contributed by atoms with E-state index in [-0.39, 0.29) is 30.7 Å². The molecule has 0 unspecified atom stereocenters. The summed E-state index contributed by atoms with van der Waals surface area (Å²) in [5.74, 6) is -1.64. The van der Waals surface area contributed by atoms with Crippen LogP contribution in [0.15, 0.2) is 29.6 Å². The van der Waals surface area contributed by atoms with Crippen molar-refractivity contribution in [2.24, 2.45) is 5.92 Å². The van der Waals surface area contributed by atoms with E-state index in [0.29, 0.717) is 22.1 Å². The molecule has 10 heteroatoms. The molecule has 0 aliphatic heterocycles. The van der Waals surface area contributed by atoms with Crippen LogP contribution in [-0.2, 0) is 25.5 Å². The number of esters is 1. The van der Waals surface area contributed by atoms with Gasteiger partial charge >= 0.3 is 5.97 Å². The van der Waals surface area contributed by atoms with Gasteiger partial charge in [-0.2, -0.15) is 0 Å². The summed E-state index contributed by atoms with van der Waals surface area (Å²) in [6.07, 6.45) is 0.0206. The zero-order valence-electron chi connectivity index (χ0n) is 16.3. The highest BCUT2D eigenvalue weighted by atomic mass is 32.1. The number of nitrogens with zero attached hydrogens (tertiary/aromatic N) is 1. The third-order valence-electron chi connectivity index (χ3n) is 3.68. The summed E-state index contributed by atoms with van der Waals surface area (Å²) in [6.45, 7) is 3.31. The van der Waals surface area contributed by atoms with E-state index in [1.807, 2.05) is 0 Å². The highest BCUT2D eigenvalue weighted by molar-refractivity contribution is 7.13. The quantitative estimate of drug-likeness (QED) is 0.562. The molecule has 154 valence electrons. The van der Waals surface area contributed by atoms with Crippen molar-refractivity contribution >= 4 is 45.8 Å². The van der Waals surface area contributed by atoms with Crippen molar-refractivity contribution in [3.05, 3.63) is 40.9 Å². The number of carbonyl (C=O) groups is 4. The number of thiazole rings is 1. The maximum absolute atomic E-state index is 12.3. The van der Waals surface area contributed by atoms with Gasteiger partial charge in [0, 0.05) is 22.5 Å². The van der Waals surface area contributed by atoms with Crippen LogP contribution in [0.2, 0.25) is 0 Å². The van der Waals surface area contributed by atoms with Crippen LogP contribution in [0.4, 0.5) is 10.8 Å². The van der Waals surface area contributed by atoms with Crippen molar-refractivity contribution < 1.29 is 23.9 Å². The number of hydrogen-bond acceptors (Lipinski definition) is 7. The summed E-state index contributed by atoms with van der Waals surface area (Å²) in [4.78, 5) is 51.3. The second kappa shape index (κ2) is 10.3. The molecule has 0 fully saturated rings. The summed E-state index contributed by atoms with van der Waals surface area (Å²) >= 11 is 1.25. The van der Waals surface area contributed by atoms with Crippen molar-refractivity contribution in [1.82, 2.24) is 10.3 Å². The van der Waals surface area contributed by atoms with Gasteiger partial charge in [0.15, 0.2) is 5.13 Å².